The van der Waals surface area contributed by atoms with Crippen molar-refractivity contribution in [3.05, 3.63) is 98.9 Å². The normalized spacial score (nSPS) is 13.5. The van der Waals surface area contributed by atoms with E-state index in [1.807, 2.05) is 32.0 Å². The van der Waals surface area contributed by atoms with Crippen molar-refractivity contribution in [2.45, 2.75) is 13.8 Å². The molecule has 0 unspecified atom stereocenters. The monoisotopic (exact) mass is 497 g/mol. The van der Waals surface area contributed by atoms with E-state index in [4.69, 9.17) is 23.2 Å². The Labute approximate surface area is 205 Å². The van der Waals surface area contributed by atoms with Crippen LogP contribution in [0, 0.1) is 19.7 Å². The highest BCUT2D eigenvalue weighted by Crippen LogP contribution is 2.32. The van der Waals surface area contributed by atoms with Gasteiger partial charge in [-0.05, 0) is 67.4 Å². The lowest BCUT2D eigenvalue weighted by Crippen LogP contribution is -2.32. The van der Waals surface area contributed by atoms with Gasteiger partial charge in [0.05, 0.1) is 10.7 Å². The molecule has 172 valence electrons. The molecule has 0 saturated carbocycles. The smallest absolute Gasteiger partial charge is 0.283 e. The maximum absolute atomic E-state index is 13.5. The van der Waals surface area contributed by atoms with Crippen molar-refractivity contribution >= 4 is 58.0 Å². The van der Waals surface area contributed by atoms with Crippen LogP contribution in [0.25, 0.3) is 0 Å². The molecule has 34 heavy (non-hydrogen) atoms. The maximum Gasteiger partial charge on any atom is 0.283 e. The molecule has 2 N–H and O–H groups in total. The van der Waals surface area contributed by atoms with Crippen LogP contribution in [0.2, 0.25) is 5.02 Å². The number of hydrogen-bond acceptors (Lipinski definition) is 4. The Morgan fingerprint density at radius 1 is 0.941 bits per heavy atom. The summed E-state index contributed by atoms with van der Waals surface area (Å²) in [4.78, 5) is 39.2. The van der Waals surface area contributed by atoms with Crippen LogP contribution in [-0.4, -0.2) is 17.7 Å². The Morgan fingerprint density at radius 2 is 1.71 bits per heavy atom. The predicted molar refractivity (Wildman–Crippen MR) is 131 cm³/mol. The van der Waals surface area contributed by atoms with Gasteiger partial charge in [0.25, 0.3) is 17.7 Å². The summed E-state index contributed by atoms with van der Waals surface area (Å²) in [6, 6.07) is 15.6. The third kappa shape index (κ3) is 4.53. The summed E-state index contributed by atoms with van der Waals surface area (Å²) < 4.78 is 13.5. The third-order valence-electron chi connectivity index (χ3n) is 5.22. The number of rotatable bonds is 5. The van der Waals surface area contributed by atoms with E-state index in [9.17, 15) is 18.8 Å². The molecule has 6 nitrogen and oxygen atoms in total. The van der Waals surface area contributed by atoms with Gasteiger partial charge in [-0.25, -0.2) is 9.29 Å². The van der Waals surface area contributed by atoms with Crippen molar-refractivity contribution in [3.63, 3.8) is 0 Å². The second-order valence-corrected chi connectivity index (χ2v) is 8.50. The Bertz CT molecular complexity index is 1390. The van der Waals surface area contributed by atoms with Gasteiger partial charge in [-0.3, -0.25) is 14.4 Å². The van der Waals surface area contributed by atoms with Crippen LogP contribution in [0.15, 0.2) is 71.4 Å². The largest absolute Gasteiger partial charge is 0.350 e. The lowest BCUT2D eigenvalue weighted by Gasteiger charge is -2.15. The van der Waals surface area contributed by atoms with E-state index < -0.39 is 17.6 Å². The second-order valence-electron chi connectivity index (χ2n) is 7.71. The SMILES string of the molecule is Cc1ccc(C)c(NC(=O)c2cccc(NC3=C(Cl)C(=O)N(c4ccc(F)c(Cl)c4)C3=O)c2)c1. The molecule has 0 spiro atoms. The Morgan fingerprint density at radius 3 is 2.44 bits per heavy atom. The van der Waals surface area contributed by atoms with Crippen molar-refractivity contribution in [1.82, 2.24) is 0 Å². The molecule has 9 heteroatoms. The van der Waals surface area contributed by atoms with Gasteiger partial charge < -0.3 is 10.6 Å². The van der Waals surface area contributed by atoms with Crippen LogP contribution in [0.5, 0.6) is 0 Å². The second kappa shape index (κ2) is 9.29. The van der Waals surface area contributed by atoms with Gasteiger partial charge in [0, 0.05) is 16.9 Å². The minimum absolute atomic E-state index is 0.0815. The number of imide groups is 1. The number of benzene rings is 3. The molecule has 1 heterocycles. The molecule has 0 aromatic heterocycles. The predicted octanol–water partition coefficient (Wildman–Crippen LogP) is 5.78. The van der Waals surface area contributed by atoms with Gasteiger partial charge >= 0.3 is 0 Å². The van der Waals surface area contributed by atoms with Gasteiger partial charge in [0.2, 0.25) is 0 Å². The maximum atomic E-state index is 13.5. The average Bonchev–Trinajstić information content (AvgIpc) is 3.01. The van der Waals surface area contributed by atoms with Crippen LogP contribution in [-0.2, 0) is 9.59 Å². The number of anilines is 3. The lowest BCUT2D eigenvalue weighted by molar-refractivity contribution is -0.120. The van der Waals surface area contributed by atoms with Crippen molar-refractivity contribution in [2.24, 2.45) is 0 Å². The number of halogens is 3. The topological polar surface area (TPSA) is 78.5 Å². The van der Waals surface area contributed by atoms with Gasteiger partial charge in [-0.15, -0.1) is 0 Å². The number of nitrogens with one attached hydrogen (secondary N) is 2. The lowest BCUT2D eigenvalue weighted by atomic mass is 10.1. The summed E-state index contributed by atoms with van der Waals surface area (Å²) in [6.07, 6.45) is 0. The number of amides is 3. The zero-order valence-electron chi connectivity index (χ0n) is 18.1. The summed E-state index contributed by atoms with van der Waals surface area (Å²) in [5.41, 5.74) is 3.25. The summed E-state index contributed by atoms with van der Waals surface area (Å²) in [6.45, 7) is 3.82. The van der Waals surface area contributed by atoms with E-state index in [0.717, 1.165) is 28.2 Å². The minimum Gasteiger partial charge on any atom is -0.350 e. The van der Waals surface area contributed by atoms with Gasteiger partial charge in [0.15, 0.2) is 0 Å². The fourth-order valence-corrected chi connectivity index (χ4v) is 3.80. The Hall–Kier alpha value is -3.68. The molecular formula is C25H18Cl2FN3O3. The van der Waals surface area contributed by atoms with Crippen LogP contribution in [0.1, 0.15) is 21.5 Å². The number of carbonyl (C=O) groups is 3. The molecule has 3 aromatic carbocycles. The highest BCUT2D eigenvalue weighted by Gasteiger charge is 2.39. The molecule has 1 aliphatic rings. The molecular weight excluding hydrogens is 480 g/mol. The summed E-state index contributed by atoms with van der Waals surface area (Å²) in [7, 11) is 0. The first-order chi connectivity index (χ1) is 16.2. The Balaban J connectivity index is 1.56. The van der Waals surface area contributed by atoms with Crippen molar-refractivity contribution in [1.29, 1.82) is 0 Å². The van der Waals surface area contributed by atoms with Crippen LogP contribution >= 0.6 is 23.2 Å². The standard InChI is InChI=1S/C25H18Cl2FN3O3/c1-13-6-7-14(2)20(10-13)30-23(32)15-4-3-5-16(11-15)29-22-21(27)24(33)31(25(22)34)17-8-9-19(28)18(26)12-17/h3-12,29H,1-2H3,(H,30,32). The van der Waals surface area contributed by atoms with E-state index in [1.54, 1.807) is 18.2 Å². The number of hydrogen-bond donors (Lipinski definition) is 2. The Kier molecular flexibility index (Phi) is 6.41. The van der Waals surface area contributed by atoms with E-state index in [2.05, 4.69) is 10.6 Å². The molecule has 0 bridgehead atoms. The molecule has 1 aliphatic heterocycles. The van der Waals surface area contributed by atoms with E-state index >= 15 is 0 Å². The molecule has 3 amide bonds. The van der Waals surface area contributed by atoms with E-state index in [0.29, 0.717) is 16.9 Å². The fourth-order valence-electron chi connectivity index (χ4n) is 3.42. The molecule has 0 fully saturated rings. The molecule has 0 radical (unpaired) electrons. The molecule has 3 aromatic rings. The fraction of sp³-hybridized carbons (Fsp3) is 0.0800. The molecule has 0 atom stereocenters. The molecule has 4 rings (SSSR count). The zero-order valence-corrected chi connectivity index (χ0v) is 19.6. The highest BCUT2D eigenvalue weighted by molar-refractivity contribution is 6.53. The molecule has 0 saturated heterocycles. The summed E-state index contributed by atoms with van der Waals surface area (Å²) in [5, 5.41) is 5.12. The first-order valence-corrected chi connectivity index (χ1v) is 10.9. The first-order valence-electron chi connectivity index (χ1n) is 10.1. The van der Waals surface area contributed by atoms with Crippen LogP contribution < -0.4 is 15.5 Å². The van der Waals surface area contributed by atoms with Gasteiger partial charge in [0.1, 0.15) is 16.5 Å². The average molecular weight is 498 g/mol. The van der Waals surface area contributed by atoms with E-state index in [-0.39, 0.29) is 27.3 Å². The summed E-state index contributed by atoms with van der Waals surface area (Å²) >= 11 is 11.9. The van der Waals surface area contributed by atoms with Crippen molar-refractivity contribution in [2.75, 3.05) is 15.5 Å². The quantitative estimate of drug-likeness (QED) is 0.437. The van der Waals surface area contributed by atoms with Gasteiger partial charge in [-0.2, -0.15) is 0 Å². The van der Waals surface area contributed by atoms with Crippen molar-refractivity contribution in [3.8, 4) is 0 Å². The number of nitrogens with zero attached hydrogens (tertiary/aromatic N) is 1. The van der Waals surface area contributed by atoms with Gasteiger partial charge in [-0.1, -0.05) is 41.4 Å². The first kappa shape index (κ1) is 23.5. The van der Waals surface area contributed by atoms with E-state index in [1.165, 1.54) is 12.1 Å². The van der Waals surface area contributed by atoms with Crippen molar-refractivity contribution < 1.29 is 18.8 Å². The molecule has 0 aliphatic carbocycles. The zero-order chi connectivity index (χ0) is 24.6. The summed E-state index contributed by atoms with van der Waals surface area (Å²) in [5.74, 6) is -2.53. The van der Waals surface area contributed by atoms with Crippen LogP contribution in [0.3, 0.4) is 0 Å². The number of carbonyl (C=O) groups excluding carboxylic acids is 3. The van der Waals surface area contributed by atoms with Crippen LogP contribution in [0.4, 0.5) is 21.5 Å². The third-order valence-corrected chi connectivity index (χ3v) is 5.86. The highest BCUT2D eigenvalue weighted by atomic mass is 35.5. The minimum atomic E-state index is -0.777. The number of aryl methyl sites for hydroxylation is 2.